The lowest BCUT2D eigenvalue weighted by atomic mass is 10.1. The van der Waals surface area contributed by atoms with Crippen LogP contribution in [0.5, 0.6) is 5.75 Å². The SMILES string of the molecule is C=C/C(=C\C=C(/C)c1ccc(O)cc1)C(=O)Nc1cccc(SCCc2ccccc2)c1. The van der Waals surface area contributed by atoms with Crippen molar-refractivity contribution in [3.63, 3.8) is 0 Å². The molecule has 3 aromatic rings. The molecular weight excluding hydrogens is 414 g/mol. The van der Waals surface area contributed by atoms with Gasteiger partial charge in [-0.25, -0.2) is 0 Å². The minimum Gasteiger partial charge on any atom is -0.508 e. The first kappa shape index (κ1) is 23.2. The third-order valence-electron chi connectivity index (χ3n) is 4.91. The maximum Gasteiger partial charge on any atom is 0.255 e. The number of aryl methyl sites for hydroxylation is 1. The lowest BCUT2D eigenvalue weighted by Crippen LogP contribution is -2.13. The average Bonchev–Trinajstić information content (AvgIpc) is 2.81. The highest BCUT2D eigenvalue weighted by Gasteiger charge is 2.07. The highest BCUT2D eigenvalue weighted by atomic mass is 32.2. The van der Waals surface area contributed by atoms with Crippen LogP contribution in [0, 0.1) is 0 Å². The standard InChI is InChI=1S/C28H27NO2S/c1-3-23(13-12-21(2)24-14-16-26(30)17-15-24)28(31)29-25-10-7-11-27(20-25)32-19-18-22-8-5-4-6-9-22/h3-17,20,30H,1,18-19H2,2H3,(H,29,31)/b21-12+,23-13+. The van der Waals surface area contributed by atoms with E-state index in [-0.39, 0.29) is 11.7 Å². The Balaban J connectivity index is 1.61. The lowest BCUT2D eigenvalue weighted by Gasteiger charge is -2.08. The van der Waals surface area contributed by atoms with Gasteiger partial charge in [0.05, 0.1) is 0 Å². The number of phenols is 1. The zero-order chi connectivity index (χ0) is 22.8. The van der Waals surface area contributed by atoms with E-state index in [1.165, 1.54) is 5.56 Å². The maximum absolute atomic E-state index is 12.7. The van der Waals surface area contributed by atoms with Gasteiger partial charge >= 0.3 is 0 Å². The summed E-state index contributed by atoms with van der Waals surface area (Å²) in [7, 11) is 0. The Labute approximate surface area is 194 Å². The number of hydrogen-bond donors (Lipinski definition) is 2. The Bertz CT molecular complexity index is 1120. The minimum absolute atomic E-state index is 0.207. The molecule has 0 fully saturated rings. The Morgan fingerprint density at radius 3 is 2.47 bits per heavy atom. The third kappa shape index (κ3) is 7.03. The van der Waals surface area contributed by atoms with Crippen molar-refractivity contribution in [3.05, 3.63) is 120 Å². The molecule has 0 spiro atoms. The molecule has 0 aromatic heterocycles. The number of nitrogens with one attached hydrogen (secondary N) is 1. The van der Waals surface area contributed by atoms with Gasteiger partial charge in [-0.15, -0.1) is 11.8 Å². The number of carbonyl (C=O) groups excluding carboxylic acids is 1. The van der Waals surface area contributed by atoms with E-state index in [0.717, 1.165) is 33.9 Å². The fraction of sp³-hybridized carbons (Fsp3) is 0.107. The first-order valence-electron chi connectivity index (χ1n) is 10.4. The second kappa shape index (κ2) is 11.8. The van der Waals surface area contributed by atoms with Gasteiger partial charge in [0, 0.05) is 21.9 Å². The summed E-state index contributed by atoms with van der Waals surface area (Å²) in [5.74, 6) is 0.991. The van der Waals surface area contributed by atoms with Crippen LogP contribution < -0.4 is 5.32 Å². The van der Waals surface area contributed by atoms with E-state index in [1.807, 2.05) is 49.4 Å². The molecule has 3 rings (SSSR count). The van der Waals surface area contributed by atoms with E-state index in [2.05, 4.69) is 42.2 Å². The van der Waals surface area contributed by atoms with E-state index >= 15 is 0 Å². The molecule has 0 atom stereocenters. The first-order valence-corrected chi connectivity index (χ1v) is 11.4. The van der Waals surface area contributed by atoms with Gasteiger partial charge in [-0.1, -0.05) is 67.3 Å². The normalized spacial score (nSPS) is 11.8. The van der Waals surface area contributed by atoms with Gasteiger partial charge in [0.2, 0.25) is 0 Å². The van der Waals surface area contributed by atoms with Crippen molar-refractivity contribution in [2.75, 3.05) is 11.1 Å². The largest absolute Gasteiger partial charge is 0.508 e. The summed E-state index contributed by atoms with van der Waals surface area (Å²) in [5.41, 5.74) is 4.51. The molecule has 32 heavy (non-hydrogen) atoms. The smallest absolute Gasteiger partial charge is 0.255 e. The topological polar surface area (TPSA) is 49.3 Å². The number of aromatic hydroxyl groups is 1. The molecule has 0 heterocycles. The number of hydrogen-bond acceptors (Lipinski definition) is 3. The van der Waals surface area contributed by atoms with Gasteiger partial charge in [0.1, 0.15) is 5.75 Å². The Morgan fingerprint density at radius 2 is 1.75 bits per heavy atom. The van der Waals surface area contributed by atoms with Crippen molar-refractivity contribution in [2.45, 2.75) is 18.2 Å². The molecular formula is C28H27NO2S. The van der Waals surface area contributed by atoms with E-state index in [1.54, 1.807) is 36.0 Å². The number of benzene rings is 3. The van der Waals surface area contributed by atoms with Crippen molar-refractivity contribution in [1.29, 1.82) is 0 Å². The first-order chi connectivity index (χ1) is 15.5. The molecule has 0 aliphatic carbocycles. The molecule has 0 saturated heterocycles. The van der Waals surface area contributed by atoms with Gasteiger partial charge in [-0.2, -0.15) is 0 Å². The highest BCUT2D eigenvalue weighted by Crippen LogP contribution is 2.23. The van der Waals surface area contributed by atoms with Crippen molar-refractivity contribution in [3.8, 4) is 5.75 Å². The second-order valence-electron chi connectivity index (χ2n) is 7.29. The average molecular weight is 442 g/mol. The number of carbonyl (C=O) groups is 1. The van der Waals surface area contributed by atoms with Crippen molar-refractivity contribution >= 4 is 28.9 Å². The van der Waals surface area contributed by atoms with Crippen LogP contribution in [0.4, 0.5) is 5.69 Å². The van der Waals surface area contributed by atoms with E-state index in [0.29, 0.717) is 5.57 Å². The number of phenolic OH excluding ortho intramolecular Hbond substituents is 1. The molecule has 0 bridgehead atoms. The fourth-order valence-corrected chi connectivity index (χ4v) is 4.03. The number of amides is 1. The molecule has 4 heteroatoms. The summed E-state index contributed by atoms with van der Waals surface area (Å²) in [6.45, 7) is 5.73. The lowest BCUT2D eigenvalue weighted by molar-refractivity contribution is -0.112. The molecule has 2 N–H and O–H groups in total. The minimum atomic E-state index is -0.207. The molecule has 0 saturated carbocycles. The van der Waals surface area contributed by atoms with Crippen LogP contribution in [-0.2, 0) is 11.2 Å². The van der Waals surface area contributed by atoms with E-state index < -0.39 is 0 Å². The zero-order valence-corrected chi connectivity index (χ0v) is 18.9. The van der Waals surface area contributed by atoms with Crippen LogP contribution in [0.1, 0.15) is 18.1 Å². The van der Waals surface area contributed by atoms with Crippen LogP contribution >= 0.6 is 11.8 Å². The van der Waals surface area contributed by atoms with Crippen molar-refractivity contribution < 1.29 is 9.90 Å². The highest BCUT2D eigenvalue weighted by molar-refractivity contribution is 7.99. The number of anilines is 1. The van der Waals surface area contributed by atoms with Gasteiger partial charge < -0.3 is 10.4 Å². The van der Waals surface area contributed by atoms with Gasteiger partial charge in [-0.05, 0) is 66.5 Å². The molecule has 0 aliphatic heterocycles. The van der Waals surface area contributed by atoms with E-state index in [9.17, 15) is 9.90 Å². The summed E-state index contributed by atoms with van der Waals surface area (Å²) >= 11 is 1.77. The molecule has 0 radical (unpaired) electrons. The molecule has 3 aromatic carbocycles. The van der Waals surface area contributed by atoms with Gasteiger partial charge in [0.15, 0.2) is 0 Å². The Kier molecular flexibility index (Phi) is 8.52. The van der Waals surface area contributed by atoms with E-state index in [4.69, 9.17) is 0 Å². The molecule has 3 nitrogen and oxygen atoms in total. The third-order valence-corrected chi connectivity index (χ3v) is 5.91. The van der Waals surface area contributed by atoms with Crippen molar-refractivity contribution in [2.24, 2.45) is 0 Å². The Hall–Kier alpha value is -3.50. The molecule has 0 aliphatic rings. The number of allylic oxidation sites excluding steroid dienone is 3. The summed E-state index contributed by atoms with van der Waals surface area (Å²) in [6, 6.07) is 25.3. The van der Waals surface area contributed by atoms with Crippen LogP contribution in [0.15, 0.2) is 114 Å². The predicted molar refractivity (Wildman–Crippen MR) is 136 cm³/mol. The summed E-state index contributed by atoms with van der Waals surface area (Å²) in [5, 5.41) is 12.4. The van der Waals surface area contributed by atoms with Gasteiger partial charge in [0.25, 0.3) is 5.91 Å². The van der Waals surface area contributed by atoms with Crippen LogP contribution in [0.25, 0.3) is 5.57 Å². The monoisotopic (exact) mass is 441 g/mol. The fourth-order valence-electron chi connectivity index (χ4n) is 3.07. The van der Waals surface area contributed by atoms with Crippen LogP contribution in [-0.4, -0.2) is 16.8 Å². The Morgan fingerprint density at radius 1 is 1.00 bits per heavy atom. The molecule has 1 amide bonds. The van der Waals surface area contributed by atoms with Crippen LogP contribution in [0.3, 0.4) is 0 Å². The predicted octanol–water partition coefficient (Wildman–Crippen LogP) is 6.88. The van der Waals surface area contributed by atoms with Crippen LogP contribution in [0.2, 0.25) is 0 Å². The second-order valence-corrected chi connectivity index (χ2v) is 8.46. The van der Waals surface area contributed by atoms with Gasteiger partial charge in [-0.3, -0.25) is 4.79 Å². The maximum atomic E-state index is 12.7. The quantitative estimate of drug-likeness (QED) is 0.216. The summed E-state index contributed by atoms with van der Waals surface area (Å²) < 4.78 is 0. The molecule has 0 unspecified atom stereocenters. The number of thioether (sulfide) groups is 1. The summed E-state index contributed by atoms with van der Waals surface area (Å²) in [4.78, 5) is 13.8. The molecule has 162 valence electrons. The zero-order valence-electron chi connectivity index (χ0n) is 18.1. The number of rotatable bonds is 9. The van der Waals surface area contributed by atoms with Crippen molar-refractivity contribution in [1.82, 2.24) is 0 Å². The summed E-state index contributed by atoms with van der Waals surface area (Å²) in [6.07, 6.45) is 6.17.